The van der Waals surface area contributed by atoms with Gasteiger partial charge < -0.3 is 4.57 Å². The van der Waals surface area contributed by atoms with Crippen LogP contribution in [0.5, 0.6) is 0 Å². The molecule has 0 unspecified atom stereocenters. The molecular formula is C13H11ClOP. The van der Waals surface area contributed by atoms with Crippen molar-refractivity contribution in [2.24, 2.45) is 0 Å². The van der Waals surface area contributed by atoms with Crippen LogP contribution in [0.4, 0.5) is 0 Å². The molecule has 2 aromatic rings. The summed E-state index contributed by atoms with van der Waals surface area (Å²) in [5.74, 6) is 0. The topological polar surface area (TPSA) is 17.1 Å². The van der Waals surface area contributed by atoms with Gasteiger partial charge in [-0.25, -0.2) is 0 Å². The Bertz CT molecular complexity index is 452. The van der Waals surface area contributed by atoms with Gasteiger partial charge in [0.1, 0.15) is 5.62 Å². The minimum atomic E-state index is -2.76. The summed E-state index contributed by atoms with van der Waals surface area (Å²) >= 11 is 5.79. The third kappa shape index (κ3) is 2.07. The molecule has 1 nitrogen and oxygen atoms in total. The van der Waals surface area contributed by atoms with E-state index in [9.17, 15) is 4.57 Å². The number of halogens is 1. The van der Waals surface area contributed by atoms with E-state index < -0.39 is 7.14 Å². The van der Waals surface area contributed by atoms with Gasteiger partial charge in [-0.1, -0.05) is 60.7 Å². The van der Waals surface area contributed by atoms with Crippen LogP contribution in [0.1, 0.15) is 0 Å². The van der Waals surface area contributed by atoms with Crippen LogP contribution < -0.4 is 10.6 Å². The molecule has 16 heavy (non-hydrogen) atoms. The normalized spacial score (nSPS) is 11.3. The minimum Gasteiger partial charge on any atom is -0.312 e. The Balaban J connectivity index is 2.54. The maximum absolute atomic E-state index is 12.8. The predicted octanol–water partition coefficient (Wildman–Crippen LogP) is 3.36. The Morgan fingerprint density at radius 2 is 1.19 bits per heavy atom. The lowest BCUT2D eigenvalue weighted by molar-refractivity contribution is 0.591. The average molecular weight is 250 g/mol. The number of benzene rings is 2. The largest absolute Gasteiger partial charge is 0.312 e. The van der Waals surface area contributed by atoms with Crippen LogP contribution in [0.15, 0.2) is 60.7 Å². The Morgan fingerprint density at radius 1 is 0.812 bits per heavy atom. The molecule has 3 heteroatoms. The third-order valence-electron chi connectivity index (χ3n) is 2.42. The lowest BCUT2D eigenvalue weighted by atomic mass is 10.4. The van der Waals surface area contributed by atoms with E-state index in [2.05, 4.69) is 0 Å². The fourth-order valence-electron chi connectivity index (χ4n) is 1.56. The Hall–Kier alpha value is -1.04. The highest BCUT2D eigenvalue weighted by Gasteiger charge is 2.25. The molecule has 0 aromatic heterocycles. The monoisotopic (exact) mass is 249 g/mol. The summed E-state index contributed by atoms with van der Waals surface area (Å²) in [4.78, 5) is 0. The summed E-state index contributed by atoms with van der Waals surface area (Å²) in [6, 6.07) is 18.6. The van der Waals surface area contributed by atoms with Crippen LogP contribution in [0.3, 0.4) is 0 Å². The quantitative estimate of drug-likeness (QED) is 0.763. The number of hydrogen-bond donors (Lipinski definition) is 0. The van der Waals surface area contributed by atoms with Crippen LogP contribution in [0.25, 0.3) is 0 Å². The van der Waals surface area contributed by atoms with Gasteiger partial charge in [0.05, 0.1) is 0 Å². The summed E-state index contributed by atoms with van der Waals surface area (Å²) in [7, 11) is -2.76. The first kappa shape index (κ1) is 11.4. The van der Waals surface area contributed by atoms with Gasteiger partial charge >= 0.3 is 0 Å². The van der Waals surface area contributed by atoms with Crippen molar-refractivity contribution >= 4 is 29.4 Å². The van der Waals surface area contributed by atoms with Crippen molar-refractivity contribution in [1.29, 1.82) is 0 Å². The third-order valence-corrected chi connectivity index (χ3v) is 5.65. The van der Waals surface area contributed by atoms with Crippen LogP contribution in [0.2, 0.25) is 0 Å². The van der Waals surface area contributed by atoms with Crippen LogP contribution in [-0.2, 0) is 4.57 Å². The van der Waals surface area contributed by atoms with Crippen molar-refractivity contribution in [3.8, 4) is 0 Å². The van der Waals surface area contributed by atoms with E-state index >= 15 is 0 Å². The van der Waals surface area contributed by atoms with Crippen molar-refractivity contribution < 1.29 is 4.57 Å². The van der Waals surface area contributed by atoms with Crippen LogP contribution in [0, 0.1) is 5.62 Å². The Morgan fingerprint density at radius 3 is 1.50 bits per heavy atom. The number of hydrogen-bond acceptors (Lipinski definition) is 1. The van der Waals surface area contributed by atoms with Crippen LogP contribution in [-0.4, -0.2) is 0 Å². The molecule has 0 fully saturated rings. The highest BCUT2D eigenvalue weighted by Crippen LogP contribution is 2.47. The maximum Gasteiger partial charge on any atom is 0.162 e. The van der Waals surface area contributed by atoms with Gasteiger partial charge in [0.25, 0.3) is 0 Å². The first-order chi connectivity index (χ1) is 7.77. The average Bonchev–Trinajstić information content (AvgIpc) is 2.40. The zero-order chi connectivity index (χ0) is 11.4. The fraction of sp³-hybridized carbons (Fsp3) is 0. The number of rotatable bonds is 3. The summed E-state index contributed by atoms with van der Waals surface area (Å²) in [6.45, 7) is 0. The van der Waals surface area contributed by atoms with Crippen molar-refractivity contribution in [2.45, 2.75) is 0 Å². The first-order valence-corrected chi connectivity index (χ1v) is 7.14. The van der Waals surface area contributed by atoms with E-state index in [0.29, 0.717) is 0 Å². The van der Waals surface area contributed by atoms with E-state index in [1.807, 2.05) is 60.7 Å². The van der Waals surface area contributed by atoms with Gasteiger partial charge in [0.2, 0.25) is 0 Å². The molecule has 0 aliphatic heterocycles. The van der Waals surface area contributed by atoms with E-state index in [1.54, 1.807) is 0 Å². The molecule has 0 atom stereocenters. The zero-order valence-electron chi connectivity index (χ0n) is 8.58. The first-order valence-electron chi connectivity index (χ1n) is 4.93. The lowest BCUT2D eigenvalue weighted by Gasteiger charge is -2.15. The van der Waals surface area contributed by atoms with Gasteiger partial charge in [0, 0.05) is 10.6 Å². The molecule has 0 amide bonds. The fourth-order valence-corrected chi connectivity index (χ4v) is 3.99. The van der Waals surface area contributed by atoms with Crippen molar-refractivity contribution in [1.82, 2.24) is 0 Å². The summed E-state index contributed by atoms with van der Waals surface area (Å²) in [5.41, 5.74) is 1.29. The molecule has 81 valence electrons. The Kier molecular flexibility index (Phi) is 3.48. The molecule has 0 spiro atoms. The van der Waals surface area contributed by atoms with Crippen molar-refractivity contribution in [3.05, 3.63) is 66.3 Å². The second-order valence-corrected chi connectivity index (χ2v) is 6.56. The van der Waals surface area contributed by atoms with Gasteiger partial charge in [-0.15, -0.1) is 11.6 Å². The molecule has 1 radical (unpaired) electrons. The van der Waals surface area contributed by atoms with Gasteiger partial charge in [-0.3, -0.25) is 0 Å². The second-order valence-electron chi connectivity index (χ2n) is 3.43. The molecule has 0 aliphatic carbocycles. The Labute approximate surface area is 100 Å². The highest BCUT2D eigenvalue weighted by atomic mass is 35.5. The molecule has 0 aliphatic rings. The van der Waals surface area contributed by atoms with E-state index in [1.165, 1.54) is 5.62 Å². The standard InChI is InChI=1S/C13H11ClOP/c14-11-16(15,12-7-3-1-4-8-12)13-9-5-2-6-10-13/h1-11H. The van der Waals surface area contributed by atoms with Crippen LogP contribution >= 0.6 is 18.7 Å². The highest BCUT2D eigenvalue weighted by molar-refractivity contribution is 7.82. The van der Waals surface area contributed by atoms with E-state index in [4.69, 9.17) is 11.6 Å². The van der Waals surface area contributed by atoms with E-state index in [0.717, 1.165) is 10.6 Å². The summed E-state index contributed by atoms with van der Waals surface area (Å²) in [5, 5.41) is 1.52. The smallest absolute Gasteiger partial charge is 0.162 e. The predicted molar refractivity (Wildman–Crippen MR) is 69.9 cm³/mol. The molecule has 0 N–H and O–H groups in total. The summed E-state index contributed by atoms with van der Waals surface area (Å²) < 4.78 is 12.8. The molecule has 0 saturated heterocycles. The molecule has 2 rings (SSSR count). The molecule has 0 heterocycles. The zero-order valence-corrected chi connectivity index (χ0v) is 10.2. The summed E-state index contributed by atoms with van der Waals surface area (Å²) in [6.07, 6.45) is 0. The SMILES string of the molecule is O=P([CH]Cl)(c1ccccc1)c1ccccc1. The minimum absolute atomic E-state index is 0.760. The molecule has 2 aromatic carbocycles. The van der Waals surface area contributed by atoms with Gasteiger partial charge in [-0.05, 0) is 0 Å². The second kappa shape index (κ2) is 4.86. The molecular weight excluding hydrogens is 239 g/mol. The maximum atomic E-state index is 12.8. The van der Waals surface area contributed by atoms with Crippen molar-refractivity contribution in [2.75, 3.05) is 0 Å². The lowest BCUT2D eigenvalue weighted by Crippen LogP contribution is -2.14. The molecule has 0 saturated carbocycles. The van der Waals surface area contributed by atoms with E-state index in [-0.39, 0.29) is 0 Å². The van der Waals surface area contributed by atoms with Gasteiger partial charge in [-0.2, -0.15) is 0 Å². The van der Waals surface area contributed by atoms with Gasteiger partial charge in [0.15, 0.2) is 7.14 Å². The molecule has 0 bridgehead atoms. The van der Waals surface area contributed by atoms with Crippen molar-refractivity contribution in [3.63, 3.8) is 0 Å².